The molecular formula is C19H21F3N2O4S. The lowest BCUT2D eigenvalue weighted by Gasteiger charge is -2.22. The standard InChI is InChI=1S/C19H21F3N2O4S/c1-13(2)28-17-6-4-5-15(11-17)23-18(25)12-24(29(3,26)27)16-9-7-14(8-10-16)19(20,21)22/h4-11,13H,12H2,1-3H3,(H,23,25). The number of ether oxygens (including phenoxy) is 1. The van der Waals surface area contributed by atoms with Gasteiger partial charge in [0.25, 0.3) is 0 Å². The van der Waals surface area contributed by atoms with Gasteiger partial charge in [-0.3, -0.25) is 9.10 Å². The first-order chi connectivity index (χ1) is 13.4. The molecule has 2 aromatic rings. The number of amides is 1. The average molecular weight is 430 g/mol. The second-order valence-electron chi connectivity index (χ2n) is 6.56. The topological polar surface area (TPSA) is 75.7 Å². The Bertz CT molecular complexity index is 958. The molecule has 10 heteroatoms. The van der Waals surface area contributed by atoms with Crippen molar-refractivity contribution >= 4 is 27.3 Å². The highest BCUT2D eigenvalue weighted by atomic mass is 32.2. The molecule has 0 fully saturated rings. The number of anilines is 2. The highest BCUT2D eigenvalue weighted by Crippen LogP contribution is 2.31. The molecule has 0 bridgehead atoms. The summed E-state index contributed by atoms with van der Waals surface area (Å²) < 4.78 is 68.6. The maximum absolute atomic E-state index is 12.7. The summed E-state index contributed by atoms with van der Waals surface area (Å²) in [7, 11) is -3.91. The smallest absolute Gasteiger partial charge is 0.416 e. The van der Waals surface area contributed by atoms with Crippen LogP contribution in [0.4, 0.5) is 24.5 Å². The first kappa shape index (κ1) is 22.5. The van der Waals surface area contributed by atoms with Crippen molar-refractivity contribution in [3.63, 3.8) is 0 Å². The van der Waals surface area contributed by atoms with Crippen LogP contribution in [0.25, 0.3) is 0 Å². The third kappa shape index (κ3) is 6.67. The molecule has 2 aromatic carbocycles. The maximum atomic E-state index is 12.7. The predicted octanol–water partition coefficient (Wildman–Crippen LogP) is 3.90. The number of rotatable bonds is 7. The van der Waals surface area contributed by atoms with Gasteiger partial charge < -0.3 is 10.1 Å². The number of sulfonamides is 1. The molecular weight excluding hydrogens is 409 g/mol. The van der Waals surface area contributed by atoms with Crippen LogP contribution in [0.2, 0.25) is 0 Å². The predicted molar refractivity (Wildman–Crippen MR) is 104 cm³/mol. The molecule has 0 heterocycles. The molecule has 1 N–H and O–H groups in total. The Labute approximate surface area is 167 Å². The quantitative estimate of drug-likeness (QED) is 0.723. The molecule has 0 atom stereocenters. The number of carbonyl (C=O) groups excluding carboxylic acids is 1. The number of nitrogens with one attached hydrogen (secondary N) is 1. The third-order valence-electron chi connectivity index (χ3n) is 3.66. The van der Waals surface area contributed by atoms with Gasteiger partial charge in [0.2, 0.25) is 15.9 Å². The zero-order chi connectivity index (χ0) is 21.8. The first-order valence-corrected chi connectivity index (χ1v) is 10.4. The Kier molecular flexibility index (Phi) is 6.78. The fourth-order valence-corrected chi connectivity index (χ4v) is 3.32. The summed E-state index contributed by atoms with van der Waals surface area (Å²) in [6.07, 6.45) is -3.74. The van der Waals surface area contributed by atoms with Crippen molar-refractivity contribution in [1.82, 2.24) is 0 Å². The minimum absolute atomic E-state index is 0.0486. The molecule has 0 aliphatic rings. The second-order valence-corrected chi connectivity index (χ2v) is 8.46. The molecule has 0 aromatic heterocycles. The van der Waals surface area contributed by atoms with Crippen molar-refractivity contribution in [1.29, 1.82) is 0 Å². The van der Waals surface area contributed by atoms with Gasteiger partial charge in [-0.1, -0.05) is 6.07 Å². The zero-order valence-corrected chi connectivity index (χ0v) is 16.8. The van der Waals surface area contributed by atoms with Gasteiger partial charge >= 0.3 is 6.18 Å². The Morgan fingerprint density at radius 2 is 1.76 bits per heavy atom. The molecule has 0 radical (unpaired) electrons. The van der Waals surface area contributed by atoms with Crippen LogP contribution in [0.3, 0.4) is 0 Å². The van der Waals surface area contributed by atoms with Crippen molar-refractivity contribution in [2.45, 2.75) is 26.1 Å². The number of alkyl halides is 3. The van der Waals surface area contributed by atoms with Gasteiger partial charge in [-0.25, -0.2) is 8.42 Å². The average Bonchev–Trinajstić information content (AvgIpc) is 2.58. The highest BCUT2D eigenvalue weighted by Gasteiger charge is 2.30. The van der Waals surface area contributed by atoms with Crippen LogP contribution < -0.4 is 14.4 Å². The molecule has 0 saturated carbocycles. The highest BCUT2D eigenvalue weighted by molar-refractivity contribution is 7.92. The van der Waals surface area contributed by atoms with Crippen molar-refractivity contribution in [2.24, 2.45) is 0 Å². The third-order valence-corrected chi connectivity index (χ3v) is 4.80. The minimum atomic E-state index is -4.55. The summed E-state index contributed by atoms with van der Waals surface area (Å²) in [5.74, 6) is -0.127. The summed E-state index contributed by atoms with van der Waals surface area (Å²) >= 11 is 0. The van der Waals surface area contributed by atoms with E-state index in [0.29, 0.717) is 11.4 Å². The molecule has 0 spiro atoms. The van der Waals surface area contributed by atoms with E-state index < -0.39 is 34.2 Å². The van der Waals surface area contributed by atoms with Gasteiger partial charge in [0.15, 0.2) is 0 Å². The second kappa shape index (κ2) is 8.73. The summed E-state index contributed by atoms with van der Waals surface area (Å²) in [4.78, 5) is 12.4. The zero-order valence-electron chi connectivity index (χ0n) is 16.0. The lowest BCUT2D eigenvalue weighted by Crippen LogP contribution is -2.37. The van der Waals surface area contributed by atoms with Crippen LogP contribution in [0, 0.1) is 0 Å². The monoisotopic (exact) mass is 430 g/mol. The summed E-state index contributed by atoms with van der Waals surface area (Å²) in [5.41, 5.74) is -0.567. The van der Waals surface area contributed by atoms with Crippen LogP contribution >= 0.6 is 0 Å². The molecule has 6 nitrogen and oxygen atoms in total. The molecule has 0 unspecified atom stereocenters. The van der Waals surface area contributed by atoms with Crippen molar-refractivity contribution in [2.75, 3.05) is 22.4 Å². The van der Waals surface area contributed by atoms with E-state index in [1.807, 2.05) is 13.8 Å². The normalized spacial score (nSPS) is 12.0. The van der Waals surface area contributed by atoms with Gasteiger partial charge in [0.1, 0.15) is 12.3 Å². The van der Waals surface area contributed by atoms with E-state index >= 15 is 0 Å². The number of benzene rings is 2. The fourth-order valence-electron chi connectivity index (χ4n) is 2.47. The van der Waals surface area contributed by atoms with Crippen LogP contribution in [0.5, 0.6) is 5.75 Å². The van der Waals surface area contributed by atoms with Crippen molar-refractivity contribution in [3.8, 4) is 5.75 Å². The Morgan fingerprint density at radius 3 is 2.28 bits per heavy atom. The summed E-state index contributed by atoms with van der Waals surface area (Å²) in [6, 6.07) is 10.1. The van der Waals surface area contributed by atoms with Crippen LogP contribution in [0.15, 0.2) is 48.5 Å². The van der Waals surface area contributed by atoms with Crippen molar-refractivity contribution in [3.05, 3.63) is 54.1 Å². The number of nitrogens with zero attached hydrogens (tertiary/aromatic N) is 1. The Hall–Kier alpha value is -2.75. The lowest BCUT2D eigenvalue weighted by atomic mass is 10.2. The molecule has 1 amide bonds. The van der Waals surface area contributed by atoms with E-state index in [4.69, 9.17) is 4.74 Å². The Morgan fingerprint density at radius 1 is 1.14 bits per heavy atom. The van der Waals surface area contributed by atoms with E-state index in [1.54, 1.807) is 24.3 Å². The largest absolute Gasteiger partial charge is 0.491 e. The van der Waals surface area contributed by atoms with Crippen LogP contribution in [-0.2, 0) is 21.0 Å². The van der Waals surface area contributed by atoms with E-state index in [0.717, 1.165) is 34.8 Å². The van der Waals surface area contributed by atoms with Gasteiger partial charge in [0, 0.05) is 11.8 Å². The van der Waals surface area contributed by atoms with E-state index in [1.165, 1.54) is 0 Å². The Balaban J connectivity index is 2.18. The molecule has 2 rings (SSSR count). The molecule has 0 saturated heterocycles. The molecule has 0 aliphatic heterocycles. The van der Waals surface area contributed by atoms with Crippen LogP contribution in [0.1, 0.15) is 19.4 Å². The fraction of sp³-hybridized carbons (Fsp3) is 0.316. The van der Waals surface area contributed by atoms with Gasteiger partial charge in [-0.2, -0.15) is 13.2 Å². The van der Waals surface area contributed by atoms with E-state index in [9.17, 15) is 26.4 Å². The molecule has 158 valence electrons. The molecule has 0 aliphatic carbocycles. The summed E-state index contributed by atoms with van der Waals surface area (Å²) in [5, 5.41) is 2.56. The van der Waals surface area contributed by atoms with E-state index in [2.05, 4.69) is 5.32 Å². The lowest BCUT2D eigenvalue weighted by molar-refractivity contribution is -0.137. The van der Waals surface area contributed by atoms with E-state index in [-0.39, 0.29) is 11.8 Å². The number of carbonyl (C=O) groups is 1. The minimum Gasteiger partial charge on any atom is -0.491 e. The number of halogens is 3. The maximum Gasteiger partial charge on any atom is 0.416 e. The first-order valence-electron chi connectivity index (χ1n) is 8.58. The van der Waals surface area contributed by atoms with Crippen molar-refractivity contribution < 1.29 is 31.1 Å². The number of hydrogen-bond donors (Lipinski definition) is 1. The van der Waals surface area contributed by atoms with Gasteiger partial charge in [-0.05, 0) is 50.2 Å². The summed E-state index contributed by atoms with van der Waals surface area (Å²) in [6.45, 7) is 3.10. The number of hydrogen-bond acceptors (Lipinski definition) is 4. The van der Waals surface area contributed by atoms with Gasteiger partial charge in [-0.15, -0.1) is 0 Å². The van der Waals surface area contributed by atoms with Gasteiger partial charge in [0.05, 0.1) is 23.6 Å². The SMILES string of the molecule is CC(C)Oc1cccc(NC(=O)CN(c2ccc(C(F)(F)F)cc2)S(C)(=O)=O)c1. The molecule has 29 heavy (non-hydrogen) atoms. The van der Waals surface area contributed by atoms with Crippen LogP contribution in [-0.4, -0.2) is 33.2 Å².